The second kappa shape index (κ2) is 9.94. The van der Waals surface area contributed by atoms with Gasteiger partial charge in [-0.1, -0.05) is 42.1 Å². The van der Waals surface area contributed by atoms with Crippen molar-refractivity contribution >= 4 is 34.7 Å². The number of thioether (sulfide) groups is 1. The SMILES string of the molecule is O=C(Nc1ccccc1F)c1csc(CSc2nnc(-c3cccnc3)n2-c2ccccc2)n1. The Hall–Kier alpha value is -3.89. The summed E-state index contributed by atoms with van der Waals surface area (Å²) < 4.78 is 15.8. The largest absolute Gasteiger partial charge is 0.318 e. The van der Waals surface area contributed by atoms with E-state index >= 15 is 0 Å². The van der Waals surface area contributed by atoms with Crippen LogP contribution < -0.4 is 5.32 Å². The van der Waals surface area contributed by atoms with Crippen LogP contribution in [-0.4, -0.2) is 30.6 Å². The van der Waals surface area contributed by atoms with E-state index in [0.29, 0.717) is 16.7 Å². The van der Waals surface area contributed by atoms with Crippen LogP contribution in [0, 0.1) is 5.82 Å². The van der Waals surface area contributed by atoms with Gasteiger partial charge in [-0.3, -0.25) is 14.3 Å². The summed E-state index contributed by atoms with van der Waals surface area (Å²) in [5, 5.41) is 14.4. The molecule has 0 fully saturated rings. The van der Waals surface area contributed by atoms with Crippen molar-refractivity contribution in [1.82, 2.24) is 24.7 Å². The number of carbonyl (C=O) groups excluding carboxylic acids is 1. The molecular weight excluding hydrogens is 471 g/mol. The standard InChI is InChI=1S/C24H17FN6OS2/c25-18-10-4-5-11-19(18)28-23(32)20-14-33-21(27-20)15-34-24-30-29-22(16-7-6-12-26-13-16)31(24)17-8-2-1-3-9-17/h1-14H,15H2,(H,28,32). The number of hydrogen-bond acceptors (Lipinski definition) is 7. The fraction of sp³-hybridized carbons (Fsp3) is 0.0417. The number of anilines is 1. The molecule has 1 amide bonds. The monoisotopic (exact) mass is 488 g/mol. The van der Waals surface area contributed by atoms with E-state index in [9.17, 15) is 9.18 Å². The van der Waals surface area contributed by atoms with Gasteiger partial charge in [0.1, 0.15) is 16.5 Å². The summed E-state index contributed by atoms with van der Waals surface area (Å²) in [6, 6.07) is 19.7. The molecule has 0 aliphatic carbocycles. The molecule has 0 unspecified atom stereocenters. The molecule has 5 rings (SSSR count). The van der Waals surface area contributed by atoms with Gasteiger partial charge in [-0.2, -0.15) is 0 Å². The molecule has 0 radical (unpaired) electrons. The number of nitrogens with zero attached hydrogens (tertiary/aromatic N) is 5. The van der Waals surface area contributed by atoms with Gasteiger partial charge in [0.2, 0.25) is 0 Å². The van der Waals surface area contributed by atoms with Gasteiger partial charge in [-0.05, 0) is 36.4 Å². The summed E-state index contributed by atoms with van der Waals surface area (Å²) in [5.41, 5.74) is 2.14. The molecule has 0 spiro atoms. The summed E-state index contributed by atoms with van der Waals surface area (Å²) in [5.74, 6) is 0.233. The fourth-order valence-corrected chi connectivity index (χ4v) is 4.96. The van der Waals surface area contributed by atoms with Crippen molar-refractivity contribution in [2.24, 2.45) is 0 Å². The molecule has 1 N–H and O–H groups in total. The summed E-state index contributed by atoms with van der Waals surface area (Å²) in [6.07, 6.45) is 3.46. The summed E-state index contributed by atoms with van der Waals surface area (Å²) in [7, 11) is 0. The molecule has 0 aliphatic rings. The summed E-state index contributed by atoms with van der Waals surface area (Å²) in [4.78, 5) is 21.1. The maximum absolute atomic E-state index is 13.8. The molecule has 2 aromatic carbocycles. The van der Waals surface area contributed by atoms with Crippen LogP contribution in [0.3, 0.4) is 0 Å². The zero-order valence-corrected chi connectivity index (χ0v) is 19.3. The number of pyridine rings is 1. The normalized spacial score (nSPS) is 10.9. The van der Waals surface area contributed by atoms with E-state index in [1.807, 2.05) is 47.0 Å². The van der Waals surface area contributed by atoms with Crippen LogP contribution in [0.4, 0.5) is 10.1 Å². The van der Waals surface area contributed by atoms with Crippen molar-refractivity contribution in [3.63, 3.8) is 0 Å². The zero-order chi connectivity index (χ0) is 23.3. The summed E-state index contributed by atoms with van der Waals surface area (Å²) in [6.45, 7) is 0. The van der Waals surface area contributed by atoms with Crippen LogP contribution in [0.15, 0.2) is 89.7 Å². The van der Waals surface area contributed by atoms with Crippen LogP contribution in [0.1, 0.15) is 15.5 Å². The Labute approximate surface area is 202 Å². The Morgan fingerprint density at radius 1 is 1.03 bits per heavy atom. The van der Waals surface area contributed by atoms with Crippen molar-refractivity contribution in [2.45, 2.75) is 10.9 Å². The highest BCUT2D eigenvalue weighted by Crippen LogP contribution is 2.30. The smallest absolute Gasteiger partial charge is 0.275 e. The summed E-state index contributed by atoms with van der Waals surface area (Å²) >= 11 is 2.83. The highest BCUT2D eigenvalue weighted by atomic mass is 32.2. The Kier molecular flexibility index (Phi) is 6.41. The lowest BCUT2D eigenvalue weighted by atomic mass is 10.2. The lowest BCUT2D eigenvalue weighted by Crippen LogP contribution is -2.13. The molecule has 0 aliphatic heterocycles. The first-order valence-electron chi connectivity index (χ1n) is 10.2. The number of amides is 1. The van der Waals surface area contributed by atoms with Crippen LogP contribution >= 0.6 is 23.1 Å². The third-order valence-electron chi connectivity index (χ3n) is 4.80. The molecule has 10 heteroatoms. The van der Waals surface area contributed by atoms with Gasteiger partial charge in [0.05, 0.1) is 11.4 Å². The Balaban J connectivity index is 1.35. The van der Waals surface area contributed by atoms with Crippen molar-refractivity contribution in [1.29, 1.82) is 0 Å². The number of thiazole rings is 1. The molecule has 0 saturated heterocycles. The van der Waals surface area contributed by atoms with Gasteiger partial charge >= 0.3 is 0 Å². The van der Waals surface area contributed by atoms with Crippen molar-refractivity contribution < 1.29 is 9.18 Å². The maximum Gasteiger partial charge on any atom is 0.275 e. The third-order valence-corrected chi connectivity index (χ3v) is 6.77. The van der Waals surface area contributed by atoms with E-state index in [2.05, 4.69) is 25.5 Å². The molecule has 168 valence electrons. The minimum atomic E-state index is -0.494. The number of aromatic nitrogens is 5. The van der Waals surface area contributed by atoms with Gasteiger partial charge in [0, 0.05) is 29.0 Å². The van der Waals surface area contributed by atoms with Gasteiger partial charge in [0.15, 0.2) is 11.0 Å². The first-order chi connectivity index (χ1) is 16.7. The minimum absolute atomic E-state index is 0.121. The first kappa shape index (κ1) is 21.9. The number of nitrogens with one attached hydrogen (secondary N) is 1. The fourth-order valence-electron chi connectivity index (χ4n) is 3.21. The van der Waals surface area contributed by atoms with E-state index < -0.39 is 11.7 Å². The van der Waals surface area contributed by atoms with Crippen molar-refractivity contribution in [3.8, 4) is 17.1 Å². The lowest BCUT2D eigenvalue weighted by Gasteiger charge is -2.09. The predicted molar refractivity (Wildman–Crippen MR) is 131 cm³/mol. The molecule has 0 atom stereocenters. The molecule has 0 bridgehead atoms. The van der Waals surface area contributed by atoms with E-state index in [1.54, 1.807) is 29.9 Å². The number of hydrogen-bond donors (Lipinski definition) is 1. The number of benzene rings is 2. The molecule has 3 aromatic heterocycles. The Morgan fingerprint density at radius 3 is 2.65 bits per heavy atom. The minimum Gasteiger partial charge on any atom is -0.318 e. The molecule has 3 heterocycles. The van der Waals surface area contributed by atoms with Crippen molar-refractivity contribution in [2.75, 3.05) is 5.32 Å². The first-order valence-corrected chi connectivity index (χ1v) is 12.1. The molecule has 34 heavy (non-hydrogen) atoms. The Morgan fingerprint density at radius 2 is 1.85 bits per heavy atom. The number of carbonyl (C=O) groups is 1. The second-order valence-electron chi connectivity index (χ2n) is 7.07. The average Bonchev–Trinajstić information content (AvgIpc) is 3.53. The molecule has 5 aromatic rings. The van der Waals surface area contributed by atoms with Crippen molar-refractivity contribution in [3.05, 3.63) is 101 Å². The topological polar surface area (TPSA) is 85.6 Å². The van der Waals surface area contributed by atoms with E-state index in [-0.39, 0.29) is 11.4 Å². The van der Waals surface area contributed by atoms with E-state index in [1.165, 1.54) is 35.2 Å². The van der Waals surface area contributed by atoms with Gasteiger partial charge in [-0.15, -0.1) is 21.5 Å². The second-order valence-corrected chi connectivity index (χ2v) is 8.95. The maximum atomic E-state index is 13.8. The quantitative estimate of drug-likeness (QED) is 0.306. The predicted octanol–water partition coefficient (Wildman–Crippen LogP) is 5.47. The van der Waals surface area contributed by atoms with Crippen LogP contribution in [0.5, 0.6) is 0 Å². The number of para-hydroxylation sites is 2. The van der Waals surface area contributed by atoms with Gasteiger partial charge in [0.25, 0.3) is 5.91 Å². The van der Waals surface area contributed by atoms with E-state index in [4.69, 9.17) is 0 Å². The molecule has 0 saturated carbocycles. The average molecular weight is 489 g/mol. The third kappa shape index (κ3) is 4.73. The zero-order valence-electron chi connectivity index (χ0n) is 17.6. The molecule has 7 nitrogen and oxygen atoms in total. The van der Waals surface area contributed by atoms with Crippen LogP contribution in [-0.2, 0) is 5.75 Å². The highest BCUT2D eigenvalue weighted by molar-refractivity contribution is 7.98. The highest BCUT2D eigenvalue weighted by Gasteiger charge is 2.18. The van der Waals surface area contributed by atoms with Crippen LogP contribution in [0.2, 0.25) is 0 Å². The number of halogens is 1. The van der Waals surface area contributed by atoms with E-state index in [0.717, 1.165) is 16.3 Å². The van der Waals surface area contributed by atoms with Gasteiger partial charge in [-0.25, -0.2) is 9.37 Å². The Bertz CT molecular complexity index is 1420. The lowest BCUT2D eigenvalue weighted by molar-refractivity contribution is 0.102. The molecular formula is C24H17FN6OS2. The van der Waals surface area contributed by atoms with Crippen LogP contribution in [0.25, 0.3) is 17.1 Å². The number of rotatable bonds is 7. The van der Waals surface area contributed by atoms with Gasteiger partial charge < -0.3 is 5.32 Å².